The van der Waals surface area contributed by atoms with Crippen LogP contribution < -0.4 is 5.73 Å². The largest absolute Gasteiger partial charge is 0.396 e. The van der Waals surface area contributed by atoms with Crippen molar-refractivity contribution in [3.8, 4) is 0 Å². The molecule has 84 valence electrons. The molecule has 0 spiro atoms. The van der Waals surface area contributed by atoms with Gasteiger partial charge in [0.1, 0.15) is 0 Å². The van der Waals surface area contributed by atoms with Gasteiger partial charge in [-0.3, -0.25) is 0 Å². The van der Waals surface area contributed by atoms with E-state index < -0.39 is 30.3 Å². The maximum absolute atomic E-state index is 9.65. The molecule has 0 aliphatic carbocycles. The zero-order chi connectivity index (χ0) is 10.7. The molecule has 0 aromatic carbocycles. The van der Waals surface area contributed by atoms with Gasteiger partial charge in [-0.25, -0.2) is 0 Å². The standard InChI is InChI=1S/C8H17NO5/c9-7-6(3-12)14-5(2-11)4(1-10)8(7)13/h4-8,10-13H,1-3,9H2/t4?,5-,6+,7?,8+/m1/s1. The number of aliphatic hydroxyl groups is 4. The lowest BCUT2D eigenvalue weighted by molar-refractivity contribution is -0.178. The molecule has 1 rings (SSSR count). The molecule has 1 fully saturated rings. The average Bonchev–Trinajstić information content (AvgIpc) is 2.21. The number of ether oxygens (including phenoxy) is 1. The van der Waals surface area contributed by atoms with E-state index in [4.69, 9.17) is 25.8 Å². The molecule has 2 unspecified atom stereocenters. The topological polar surface area (TPSA) is 116 Å². The Morgan fingerprint density at radius 2 is 1.57 bits per heavy atom. The summed E-state index contributed by atoms with van der Waals surface area (Å²) in [7, 11) is 0. The molecule has 1 aliphatic rings. The third kappa shape index (κ3) is 2.05. The smallest absolute Gasteiger partial charge is 0.0986 e. The fraction of sp³-hybridized carbons (Fsp3) is 1.00. The molecule has 0 amide bonds. The van der Waals surface area contributed by atoms with Crippen LogP contribution in [-0.2, 0) is 4.74 Å². The summed E-state index contributed by atoms with van der Waals surface area (Å²) >= 11 is 0. The molecular formula is C8H17NO5. The first kappa shape index (κ1) is 11.8. The number of rotatable bonds is 3. The van der Waals surface area contributed by atoms with Gasteiger partial charge < -0.3 is 30.9 Å². The van der Waals surface area contributed by atoms with E-state index in [0.717, 1.165) is 0 Å². The summed E-state index contributed by atoms with van der Waals surface area (Å²) in [6.07, 6.45) is -2.33. The number of hydrogen-bond acceptors (Lipinski definition) is 6. The predicted octanol–water partition coefficient (Wildman–Crippen LogP) is -2.96. The number of nitrogens with two attached hydrogens (primary N) is 1. The van der Waals surface area contributed by atoms with E-state index >= 15 is 0 Å². The Labute approximate surface area is 81.9 Å². The third-order valence-corrected chi connectivity index (χ3v) is 2.66. The van der Waals surface area contributed by atoms with Crippen molar-refractivity contribution in [2.24, 2.45) is 11.7 Å². The Morgan fingerprint density at radius 3 is 2.00 bits per heavy atom. The average molecular weight is 207 g/mol. The molecule has 0 bridgehead atoms. The van der Waals surface area contributed by atoms with Crippen molar-refractivity contribution in [1.29, 1.82) is 0 Å². The molecule has 6 heteroatoms. The maximum atomic E-state index is 9.65. The second-order valence-corrected chi connectivity index (χ2v) is 3.49. The Hall–Kier alpha value is -0.240. The summed E-state index contributed by atoms with van der Waals surface area (Å²) in [4.78, 5) is 0. The molecule has 1 heterocycles. The Balaban J connectivity index is 2.71. The van der Waals surface area contributed by atoms with Crippen molar-refractivity contribution in [3.05, 3.63) is 0 Å². The summed E-state index contributed by atoms with van der Waals surface area (Å²) in [6, 6.07) is -0.736. The number of aliphatic hydroxyl groups excluding tert-OH is 4. The third-order valence-electron chi connectivity index (χ3n) is 2.66. The summed E-state index contributed by atoms with van der Waals surface area (Å²) in [5.41, 5.74) is 5.59. The minimum absolute atomic E-state index is 0.307. The van der Waals surface area contributed by atoms with Crippen molar-refractivity contribution >= 4 is 0 Å². The monoisotopic (exact) mass is 207 g/mol. The fourth-order valence-corrected chi connectivity index (χ4v) is 1.71. The lowest BCUT2D eigenvalue weighted by Crippen LogP contribution is -2.61. The van der Waals surface area contributed by atoms with Crippen LogP contribution in [0.4, 0.5) is 0 Å². The molecule has 0 saturated carbocycles. The Morgan fingerprint density at radius 1 is 1.00 bits per heavy atom. The van der Waals surface area contributed by atoms with Crippen LogP contribution >= 0.6 is 0 Å². The van der Waals surface area contributed by atoms with Crippen molar-refractivity contribution in [2.75, 3.05) is 19.8 Å². The van der Waals surface area contributed by atoms with E-state index in [0.29, 0.717) is 0 Å². The molecular weight excluding hydrogens is 190 g/mol. The molecule has 0 radical (unpaired) electrons. The van der Waals surface area contributed by atoms with Gasteiger partial charge in [0.2, 0.25) is 0 Å². The normalized spacial score (nSPS) is 43.9. The van der Waals surface area contributed by atoms with Crippen LogP contribution in [0.1, 0.15) is 0 Å². The Kier molecular flexibility index (Phi) is 4.24. The molecule has 0 aromatic heterocycles. The zero-order valence-corrected chi connectivity index (χ0v) is 7.78. The van der Waals surface area contributed by atoms with E-state index in [1.807, 2.05) is 0 Å². The van der Waals surface area contributed by atoms with Crippen LogP contribution in [0.25, 0.3) is 0 Å². The molecule has 6 N–H and O–H groups in total. The molecule has 5 atom stereocenters. The van der Waals surface area contributed by atoms with E-state index in [9.17, 15) is 5.11 Å². The van der Waals surface area contributed by atoms with Gasteiger partial charge in [0.05, 0.1) is 44.2 Å². The predicted molar refractivity (Wildman–Crippen MR) is 47.4 cm³/mol. The van der Waals surface area contributed by atoms with Crippen LogP contribution in [0.15, 0.2) is 0 Å². The maximum Gasteiger partial charge on any atom is 0.0986 e. The first-order chi connectivity index (χ1) is 6.65. The highest BCUT2D eigenvalue weighted by molar-refractivity contribution is 4.93. The molecule has 6 nitrogen and oxygen atoms in total. The van der Waals surface area contributed by atoms with Gasteiger partial charge >= 0.3 is 0 Å². The minimum Gasteiger partial charge on any atom is -0.396 e. The number of hydrogen-bond donors (Lipinski definition) is 5. The van der Waals surface area contributed by atoms with Gasteiger partial charge in [0.15, 0.2) is 0 Å². The SMILES string of the molecule is NC1[C@@H](O)C(CO)[C@@H](CO)O[C@H]1CO. The van der Waals surface area contributed by atoms with Crippen LogP contribution in [0.3, 0.4) is 0 Å². The van der Waals surface area contributed by atoms with Crippen molar-refractivity contribution in [3.63, 3.8) is 0 Å². The summed E-state index contributed by atoms with van der Waals surface area (Å²) < 4.78 is 5.23. The molecule has 14 heavy (non-hydrogen) atoms. The first-order valence-corrected chi connectivity index (χ1v) is 4.57. The lowest BCUT2D eigenvalue weighted by Gasteiger charge is -2.41. The Bertz CT molecular complexity index is 177. The van der Waals surface area contributed by atoms with E-state index in [1.165, 1.54) is 0 Å². The van der Waals surface area contributed by atoms with Crippen LogP contribution in [0.2, 0.25) is 0 Å². The highest BCUT2D eigenvalue weighted by Gasteiger charge is 2.42. The summed E-state index contributed by atoms with van der Waals surface area (Å²) in [6.45, 7) is -0.934. The van der Waals surface area contributed by atoms with Crippen LogP contribution in [0, 0.1) is 5.92 Å². The van der Waals surface area contributed by atoms with Gasteiger partial charge in [-0.05, 0) is 0 Å². The lowest BCUT2D eigenvalue weighted by atomic mass is 9.86. The van der Waals surface area contributed by atoms with E-state index in [1.54, 1.807) is 0 Å². The summed E-state index contributed by atoms with van der Waals surface area (Å²) in [5, 5.41) is 36.5. The van der Waals surface area contributed by atoms with E-state index in [2.05, 4.69) is 0 Å². The molecule has 0 aromatic rings. The second-order valence-electron chi connectivity index (χ2n) is 3.49. The van der Waals surface area contributed by atoms with Gasteiger partial charge in [0.25, 0.3) is 0 Å². The van der Waals surface area contributed by atoms with Crippen molar-refractivity contribution < 1.29 is 25.2 Å². The molecule has 1 saturated heterocycles. The van der Waals surface area contributed by atoms with Crippen LogP contribution in [0.5, 0.6) is 0 Å². The van der Waals surface area contributed by atoms with Gasteiger partial charge in [-0.15, -0.1) is 0 Å². The zero-order valence-electron chi connectivity index (χ0n) is 7.78. The molecule has 1 aliphatic heterocycles. The second kappa shape index (κ2) is 5.01. The van der Waals surface area contributed by atoms with Gasteiger partial charge in [-0.1, -0.05) is 0 Å². The van der Waals surface area contributed by atoms with E-state index in [-0.39, 0.29) is 19.8 Å². The quantitative estimate of drug-likeness (QED) is 0.337. The fourth-order valence-electron chi connectivity index (χ4n) is 1.71. The van der Waals surface area contributed by atoms with Gasteiger partial charge in [0, 0.05) is 5.92 Å². The first-order valence-electron chi connectivity index (χ1n) is 4.57. The van der Waals surface area contributed by atoms with Crippen molar-refractivity contribution in [1.82, 2.24) is 0 Å². The highest BCUT2D eigenvalue weighted by Crippen LogP contribution is 2.24. The van der Waals surface area contributed by atoms with Crippen LogP contribution in [-0.4, -0.2) is 64.6 Å². The summed E-state index contributed by atoms with van der Waals surface area (Å²) in [5.74, 6) is -0.599. The minimum atomic E-state index is -0.969. The van der Waals surface area contributed by atoms with Crippen molar-refractivity contribution in [2.45, 2.75) is 24.4 Å². The van der Waals surface area contributed by atoms with Gasteiger partial charge in [-0.2, -0.15) is 0 Å². The highest BCUT2D eigenvalue weighted by atomic mass is 16.5.